The fraction of sp³-hybridized carbons (Fsp3) is 0.154. The predicted molar refractivity (Wildman–Crippen MR) is 71.0 cm³/mol. The molecule has 1 heterocycles. The lowest BCUT2D eigenvalue weighted by Crippen LogP contribution is -2.23. The number of hydrogen-bond acceptors (Lipinski definition) is 3. The van der Waals surface area contributed by atoms with Crippen molar-refractivity contribution < 1.29 is 9.53 Å². The van der Waals surface area contributed by atoms with Crippen LogP contribution in [-0.2, 0) is 0 Å². The summed E-state index contributed by atoms with van der Waals surface area (Å²) in [7, 11) is 1.46. The third kappa shape index (κ3) is 2.24. The van der Waals surface area contributed by atoms with Gasteiger partial charge < -0.3 is 10.1 Å². The molecule has 0 saturated carbocycles. The Labute approximate surface area is 110 Å². The number of ether oxygens (including phenoxy) is 1. The van der Waals surface area contributed by atoms with Crippen molar-refractivity contribution >= 4 is 28.4 Å². The summed E-state index contributed by atoms with van der Waals surface area (Å²) in [5, 5.41) is 3.93. The molecule has 1 N–H and O–H groups in total. The van der Waals surface area contributed by atoms with Gasteiger partial charge in [0, 0.05) is 11.9 Å². The number of methoxy groups -OCH3 is 1. The number of aromatic nitrogens is 1. The number of rotatable bonds is 3. The molecule has 0 unspecified atom stereocenters. The van der Waals surface area contributed by atoms with Crippen molar-refractivity contribution in [2.24, 2.45) is 0 Å². The second kappa shape index (κ2) is 5.23. The Morgan fingerprint density at radius 1 is 1.56 bits per heavy atom. The second-order valence-corrected chi connectivity index (χ2v) is 4.02. The van der Waals surface area contributed by atoms with Gasteiger partial charge >= 0.3 is 0 Å². The Morgan fingerprint density at radius 2 is 2.33 bits per heavy atom. The largest absolute Gasteiger partial charge is 0.480 e. The lowest BCUT2D eigenvalue weighted by Gasteiger charge is -2.09. The molecule has 5 heteroatoms. The summed E-state index contributed by atoms with van der Waals surface area (Å²) in [6, 6.07) is 7.10. The summed E-state index contributed by atoms with van der Waals surface area (Å²) in [4.78, 5) is 16.1. The first-order chi connectivity index (χ1) is 8.67. The highest BCUT2D eigenvalue weighted by molar-refractivity contribution is 6.35. The van der Waals surface area contributed by atoms with E-state index in [1.807, 2.05) is 12.1 Å². The van der Waals surface area contributed by atoms with Gasteiger partial charge in [-0.25, -0.2) is 4.98 Å². The van der Waals surface area contributed by atoms with Crippen LogP contribution in [0.4, 0.5) is 0 Å². The van der Waals surface area contributed by atoms with E-state index in [-0.39, 0.29) is 11.8 Å². The number of para-hydroxylation sites is 1. The monoisotopic (exact) mass is 263 g/mol. The first-order valence-corrected chi connectivity index (χ1v) is 5.76. The van der Waals surface area contributed by atoms with Crippen LogP contribution in [0.1, 0.15) is 10.4 Å². The number of carbonyl (C=O) groups excluding carboxylic acids is 1. The number of benzene rings is 1. The summed E-state index contributed by atoms with van der Waals surface area (Å²) in [6.07, 6.45) is 0. The highest BCUT2D eigenvalue weighted by atomic mass is 35.5. The fourth-order valence-electron chi connectivity index (χ4n) is 1.67. The molecule has 2 aromatic rings. The van der Waals surface area contributed by atoms with Gasteiger partial charge in [0.25, 0.3) is 5.91 Å². The van der Waals surface area contributed by atoms with Gasteiger partial charge in [-0.3, -0.25) is 4.79 Å². The van der Waals surface area contributed by atoms with Crippen molar-refractivity contribution in [2.75, 3.05) is 13.7 Å². The fourth-order valence-corrected chi connectivity index (χ4v) is 1.90. The van der Waals surface area contributed by atoms with Crippen LogP contribution in [0.25, 0.3) is 10.9 Å². The van der Waals surface area contributed by atoms with E-state index in [4.69, 9.17) is 16.3 Å². The highest BCUT2D eigenvalue weighted by Crippen LogP contribution is 2.27. The summed E-state index contributed by atoms with van der Waals surface area (Å²) < 4.78 is 5.12. The summed E-state index contributed by atoms with van der Waals surface area (Å²) in [6.45, 7) is 3.87. The van der Waals surface area contributed by atoms with Gasteiger partial charge in [-0.2, -0.15) is 0 Å². The topological polar surface area (TPSA) is 51.2 Å². The molecule has 0 atom stereocenters. The van der Waals surface area contributed by atoms with Crippen LogP contribution < -0.4 is 10.1 Å². The van der Waals surface area contributed by atoms with Crippen LogP contribution in [0, 0.1) is 6.92 Å². The molecule has 2 rings (SSSR count). The summed E-state index contributed by atoms with van der Waals surface area (Å²) >= 11 is 6.05. The Kier molecular flexibility index (Phi) is 3.67. The van der Waals surface area contributed by atoms with Gasteiger partial charge in [0.05, 0.1) is 17.6 Å². The lowest BCUT2D eigenvalue weighted by molar-refractivity contribution is 0.0954. The molecule has 0 aliphatic heterocycles. The Bertz CT molecular complexity index is 599. The number of carbonyl (C=O) groups is 1. The molecule has 18 heavy (non-hydrogen) atoms. The standard InChI is InChI=1S/C13H12ClN2O2/c1-3-15-12(17)9-7-8-5-4-6-10(14)11(8)16-13(9)18-2/h4-7H,1,3H2,2H3,(H,15,17). The second-order valence-electron chi connectivity index (χ2n) is 3.61. The minimum Gasteiger partial charge on any atom is -0.480 e. The van der Waals surface area contributed by atoms with Crippen LogP contribution in [0.3, 0.4) is 0 Å². The number of halogens is 1. The first-order valence-electron chi connectivity index (χ1n) is 5.38. The van der Waals surface area contributed by atoms with E-state index < -0.39 is 0 Å². The smallest absolute Gasteiger partial charge is 0.256 e. The van der Waals surface area contributed by atoms with E-state index >= 15 is 0 Å². The third-order valence-electron chi connectivity index (χ3n) is 2.49. The molecule has 4 nitrogen and oxygen atoms in total. The molecule has 0 spiro atoms. The normalized spacial score (nSPS) is 10.4. The van der Waals surface area contributed by atoms with Crippen molar-refractivity contribution in [3.63, 3.8) is 0 Å². The molecule has 0 saturated heterocycles. The Hall–Kier alpha value is -1.81. The number of nitrogens with zero attached hydrogens (tertiary/aromatic N) is 1. The van der Waals surface area contributed by atoms with Crippen molar-refractivity contribution in [1.82, 2.24) is 10.3 Å². The molecular formula is C13H12ClN2O2. The number of nitrogens with one attached hydrogen (secondary N) is 1. The summed E-state index contributed by atoms with van der Waals surface area (Å²) in [5.41, 5.74) is 0.984. The van der Waals surface area contributed by atoms with Gasteiger partial charge in [-0.15, -0.1) is 0 Å². The van der Waals surface area contributed by atoms with E-state index in [1.165, 1.54) is 7.11 Å². The van der Waals surface area contributed by atoms with E-state index in [1.54, 1.807) is 12.1 Å². The van der Waals surface area contributed by atoms with E-state index in [9.17, 15) is 4.79 Å². The maximum Gasteiger partial charge on any atom is 0.256 e. The minimum absolute atomic E-state index is 0.251. The molecule has 93 valence electrons. The van der Waals surface area contributed by atoms with Gasteiger partial charge in [-0.05, 0) is 19.1 Å². The molecule has 1 amide bonds. The number of hydrogen-bond donors (Lipinski definition) is 1. The average molecular weight is 264 g/mol. The predicted octanol–water partition coefficient (Wildman–Crippen LogP) is 2.46. The Balaban J connectivity index is 2.63. The lowest BCUT2D eigenvalue weighted by atomic mass is 10.1. The molecule has 0 aliphatic rings. The molecule has 0 bridgehead atoms. The third-order valence-corrected chi connectivity index (χ3v) is 2.79. The SMILES string of the molecule is [CH2]CNC(=O)c1cc2cccc(Cl)c2nc1OC. The quantitative estimate of drug-likeness (QED) is 0.925. The highest BCUT2D eigenvalue weighted by Gasteiger charge is 2.15. The van der Waals surface area contributed by atoms with Crippen LogP contribution in [0.5, 0.6) is 5.88 Å². The molecule has 1 radical (unpaired) electrons. The van der Waals surface area contributed by atoms with Crippen LogP contribution in [-0.4, -0.2) is 24.5 Å². The molecule has 0 aliphatic carbocycles. The number of fused-ring (bicyclic) bond motifs is 1. The van der Waals surface area contributed by atoms with Gasteiger partial charge in [-0.1, -0.05) is 23.7 Å². The summed E-state index contributed by atoms with van der Waals surface area (Å²) in [5.74, 6) is -0.0159. The minimum atomic E-state index is -0.267. The first kappa shape index (κ1) is 12.6. The van der Waals surface area contributed by atoms with Crippen molar-refractivity contribution in [3.05, 3.63) is 41.8 Å². The zero-order chi connectivity index (χ0) is 13.1. The van der Waals surface area contributed by atoms with Crippen molar-refractivity contribution in [3.8, 4) is 5.88 Å². The zero-order valence-corrected chi connectivity index (χ0v) is 10.6. The maximum atomic E-state index is 11.8. The van der Waals surface area contributed by atoms with Crippen LogP contribution in [0.15, 0.2) is 24.3 Å². The Morgan fingerprint density at radius 3 is 3.00 bits per heavy atom. The van der Waals surface area contributed by atoms with Gasteiger partial charge in [0.2, 0.25) is 5.88 Å². The molecular weight excluding hydrogens is 252 g/mol. The van der Waals surface area contributed by atoms with Gasteiger partial charge in [0.15, 0.2) is 0 Å². The van der Waals surface area contributed by atoms with Gasteiger partial charge in [0.1, 0.15) is 5.56 Å². The van der Waals surface area contributed by atoms with E-state index in [0.717, 1.165) is 5.39 Å². The van der Waals surface area contributed by atoms with Crippen LogP contribution >= 0.6 is 11.6 Å². The van der Waals surface area contributed by atoms with E-state index in [2.05, 4.69) is 17.2 Å². The molecule has 1 aromatic heterocycles. The number of amides is 1. The van der Waals surface area contributed by atoms with E-state index in [0.29, 0.717) is 22.6 Å². The van der Waals surface area contributed by atoms with Crippen LogP contribution in [0.2, 0.25) is 5.02 Å². The van der Waals surface area contributed by atoms with Crippen molar-refractivity contribution in [1.29, 1.82) is 0 Å². The maximum absolute atomic E-state index is 11.8. The average Bonchev–Trinajstić information content (AvgIpc) is 2.38. The number of pyridine rings is 1. The zero-order valence-electron chi connectivity index (χ0n) is 9.87. The van der Waals surface area contributed by atoms with Crippen molar-refractivity contribution in [2.45, 2.75) is 0 Å². The molecule has 1 aromatic carbocycles. The molecule has 0 fully saturated rings.